The molecule has 7 heteroatoms. The number of carbonyl (C=O) groups is 1. The van der Waals surface area contributed by atoms with Crippen LogP contribution in [0.2, 0.25) is 0 Å². The van der Waals surface area contributed by atoms with Crippen LogP contribution in [0.1, 0.15) is 18.2 Å². The molecule has 1 aromatic rings. The van der Waals surface area contributed by atoms with Gasteiger partial charge in [-0.05, 0) is 6.92 Å². The van der Waals surface area contributed by atoms with Crippen LogP contribution in [0.15, 0.2) is 6.20 Å². The molecule has 3 rings (SSSR count). The van der Waals surface area contributed by atoms with Crippen molar-refractivity contribution in [2.45, 2.75) is 25.9 Å². The summed E-state index contributed by atoms with van der Waals surface area (Å²) in [4.78, 5) is 21.9. The number of nitrogens with one attached hydrogen (secondary N) is 1. The first-order valence-corrected chi connectivity index (χ1v) is 8.32. The second-order valence-corrected chi connectivity index (χ2v) is 6.68. The SMILES string of the molecule is C[C@H]1CNC(=O)CCN1Cc1cnc(N2CCOCC2)s1. The summed E-state index contributed by atoms with van der Waals surface area (Å²) < 4.78 is 5.38. The molecule has 0 spiro atoms. The standard InChI is InChI=1S/C14H22N4O2S/c1-11-8-15-13(19)2-3-18(11)10-12-9-16-14(21-12)17-4-6-20-7-5-17/h9,11H,2-8,10H2,1H3,(H,15,19)/t11-/m0/s1. The summed E-state index contributed by atoms with van der Waals surface area (Å²) in [6, 6.07) is 0.366. The number of ether oxygens (including phenoxy) is 1. The van der Waals surface area contributed by atoms with E-state index in [1.165, 1.54) is 4.88 Å². The number of morpholine rings is 1. The lowest BCUT2D eigenvalue weighted by Crippen LogP contribution is -2.37. The van der Waals surface area contributed by atoms with E-state index in [9.17, 15) is 4.79 Å². The topological polar surface area (TPSA) is 57.7 Å². The Bertz CT molecular complexity index is 487. The number of amides is 1. The van der Waals surface area contributed by atoms with Crippen molar-refractivity contribution >= 4 is 22.4 Å². The zero-order chi connectivity index (χ0) is 14.7. The zero-order valence-electron chi connectivity index (χ0n) is 12.4. The fraction of sp³-hybridized carbons (Fsp3) is 0.714. The zero-order valence-corrected chi connectivity index (χ0v) is 13.2. The van der Waals surface area contributed by atoms with E-state index in [1.54, 1.807) is 11.3 Å². The molecule has 1 N–H and O–H groups in total. The molecule has 21 heavy (non-hydrogen) atoms. The minimum absolute atomic E-state index is 0.155. The molecule has 116 valence electrons. The van der Waals surface area contributed by atoms with E-state index in [0.29, 0.717) is 12.5 Å². The van der Waals surface area contributed by atoms with Crippen molar-refractivity contribution in [2.75, 3.05) is 44.3 Å². The lowest BCUT2D eigenvalue weighted by Gasteiger charge is -2.26. The molecular formula is C14H22N4O2S. The smallest absolute Gasteiger partial charge is 0.221 e. The number of hydrogen-bond donors (Lipinski definition) is 1. The Morgan fingerprint density at radius 1 is 1.43 bits per heavy atom. The van der Waals surface area contributed by atoms with Crippen molar-refractivity contribution in [3.63, 3.8) is 0 Å². The Morgan fingerprint density at radius 2 is 2.24 bits per heavy atom. The largest absolute Gasteiger partial charge is 0.378 e. The number of rotatable bonds is 3. The van der Waals surface area contributed by atoms with Crippen LogP contribution in [0.4, 0.5) is 5.13 Å². The normalized spacial score (nSPS) is 24.7. The van der Waals surface area contributed by atoms with Crippen molar-refractivity contribution < 1.29 is 9.53 Å². The maximum absolute atomic E-state index is 11.5. The number of hydrogen-bond acceptors (Lipinski definition) is 6. The predicted octanol–water partition coefficient (Wildman–Crippen LogP) is 0.690. The summed E-state index contributed by atoms with van der Waals surface area (Å²) in [6.07, 6.45) is 2.56. The summed E-state index contributed by atoms with van der Waals surface area (Å²) in [5, 5.41) is 4.04. The number of nitrogens with zero attached hydrogens (tertiary/aromatic N) is 3. The van der Waals surface area contributed by atoms with E-state index in [-0.39, 0.29) is 5.91 Å². The third-order valence-corrected chi connectivity index (χ3v) is 5.07. The van der Waals surface area contributed by atoms with Crippen LogP contribution in [0.3, 0.4) is 0 Å². The van der Waals surface area contributed by atoms with E-state index >= 15 is 0 Å². The van der Waals surface area contributed by atoms with Crippen molar-refractivity contribution in [3.05, 3.63) is 11.1 Å². The minimum Gasteiger partial charge on any atom is -0.378 e. The van der Waals surface area contributed by atoms with E-state index in [1.807, 2.05) is 6.20 Å². The van der Waals surface area contributed by atoms with Gasteiger partial charge in [-0.2, -0.15) is 0 Å². The third kappa shape index (κ3) is 3.72. The van der Waals surface area contributed by atoms with Gasteiger partial charge in [0.25, 0.3) is 0 Å². The van der Waals surface area contributed by atoms with Gasteiger partial charge in [-0.25, -0.2) is 4.98 Å². The number of aromatic nitrogens is 1. The molecule has 1 aromatic heterocycles. The van der Waals surface area contributed by atoms with Gasteiger partial charge in [0.1, 0.15) is 0 Å². The Kier molecular flexibility index (Phi) is 4.72. The van der Waals surface area contributed by atoms with Crippen molar-refractivity contribution in [1.29, 1.82) is 0 Å². The highest BCUT2D eigenvalue weighted by atomic mass is 32.1. The molecule has 2 aliphatic rings. The molecule has 1 amide bonds. The summed E-state index contributed by atoms with van der Waals surface area (Å²) >= 11 is 1.75. The molecule has 6 nitrogen and oxygen atoms in total. The Morgan fingerprint density at radius 3 is 3.05 bits per heavy atom. The summed E-state index contributed by atoms with van der Waals surface area (Å²) in [7, 11) is 0. The van der Waals surface area contributed by atoms with Crippen molar-refractivity contribution in [3.8, 4) is 0 Å². The highest BCUT2D eigenvalue weighted by Crippen LogP contribution is 2.25. The number of anilines is 1. The first-order valence-electron chi connectivity index (χ1n) is 7.50. The lowest BCUT2D eigenvalue weighted by molar-refractivity contribution is -0.120. The van der Waals surface area contributed by atoms with Crippen LogP contribution in [-0.2, 0) is 16.1 Å². The second-order valence-electron chi connectivity index (χ2n) is 5.58. The van der Waals surface area contributed by atoms with E-state index < -0.39 is 0 Å². The monoisotopic (exact) mass is 310 g/mol. The van der Waals surface area contributed by atoms with E-state index in [0.717, 1.165) is 51.1 Å². The fourth-order valence-corrected chi connectivity index (χ4v) is 3.64. The van der Waals surface area contributed by atoms with Crippen molar-refractivity contribution in [2.24, 2.45) is 0 Å². The molecule has 2 saturated heterocycles. The minimum atomic E-state index is 0.155. The van der Waals surface area contributed by atoms with Gasteiger partial charge in [0.2, 0.25) is 5.91 Å². The highest BCUT2D eigenvalue weighted by Gasteiger charge is 2.21. The summed E-state index contributed by atoms with van der Waals surface area (Å²) in [5.41, 5.74) is 0. The maximum atomic E-state index is 11.5. The van der Waals surface area contributed by atoms with Gasteiger partial charge in [0.15, 0.2) is 5.13 Å². The van der Waals surface area contributed by atoms with E-state index in [4.69, 9.17) is 4.74 Å². The summed E-state index contributed by atoms with van der Waals surface area (Å²) in [5.74, 6) is 0.155. The molecule has 0 aromatic carbocycles. The second kappa shape index (κ2) is 6.72. The maximum Gasteiger partial charge on any atom is 0.221 e. The van der Waals surface area contributed by atoms with Gasteiger partial charge in [-0.3, -0.25) is 9.69 Å². The lowest BCUT2D eigenvalue weighted by atomic mass is 10.2. The average Bonchev–Trinajstić information content (AvgIpc) is 2.92. The molecule has 0 bridgehead atoms. The van der Waals surface area contributed by atoms with Gasteiger partial charge in [-0.15, -0.1) is 11.3 Å². The highest BCUT2D eigenvalue weighted by molar-refractivity contribution is 7.15. The van der Waals surface area contributed by atoms with Crippen LogP contribution in [0.5, 0.6) is 0 Å². The third-order valence-electron chi connectivity index (χ3n) is 4.03. The summed E-state index contributed by atoms with van der Waals surface area (Å²) in [6.45, 7) is 7.99. The molecular weight excluding hydrogens is 288 g/mol. The molecule has 0 saturated carbocycles. The van der Waals surface area contributed by atoms with Crippen LogP contribution in [0, 0.1) is 0 Å². The van der Waals surface area contributed by atoms with Gasteiger partial charge in [0.05, 0.1) is 13.2 Å². The molecule has 0 aliphatic carbocycles. The van der Waals surface area contributed by atoms with Crippen LogP contribution in [-0.4, -0.2) is 61.2 Å². The number of carbonyl (C=O) groups excluding carboxylic acids is 1. The molecule has 2 aliphatic heterocycles. The Balaban J connectivity index is 1.62. The Hall–Kier alpha value is -1.18. The molecule has 2 fully saturated rings. The van der Waals surface area contributed by atoms with Crippen molar-refractivity contribution in [1.82, 2.24) is 15.2 Å². The molecule has 0 radical (unpaired) electrons. The first kappa shape index (κ1) is 14.7. The van der Waals surface area contributed by atoms with E-state index in [2.05, 4.69) is 27.0 Å². The first-order chi connectivity index (χ1) is 10.2. The quantitative estimate of drug-likeness (QED) is 0.890. The predicted molar refractivity (Wildman–Crippen MR) is 82.6 cm³/mol. The molecule has 1 atom stereocenters. The average molecular weight is 310 g/mol. The van der Waals surface area contributed by atoms with Crippen LogP contribution in [0.25, 0.3) is 0 Å². The van der Waals surface area contributed by atoms with Gasteiger partial charge in [-0.1, -0.05) is 0 Å². The molecule has 3 heterocycles. The number of thiazole rings is 1. The van der Waals surface area contributed by atoms with Gasteiger partial charge < -0.3 is 15.0 Å². The van der Waals surface area contributed by atoms with Gasteiger partial charge in [0, 0.05) is 56.3 Å². The Labute approximate surface area is 129 Å². The van der Waals surface area contributed by atoms with Gasteiger partial charge >= 0.3 is 0 Å². The molecule has 0 unspecified atom stereocenters. The van der Waals surface area contributed by atoms with Crippen LogP contribution >= 0.6 is 11.3 Å². The van der Waals surface area contributed by atoms with Crippen LogP contribution < -0.4 is 10.2 Å². The fourth-order valence-electron chi connectivity index (χ4n) is 2.65.